The van der Waals surface area contributed by atoms with Crippen molar-refractivity contribution in [1.29, 1.82) is 0 Å². The van der Waals surface area contributed by atoms with Gasteiger partial charge in [-0.2, -0.15) is 0 Å². The molecule has 1 aromatic carbocycles. The monoisotopic (exact) mass is 283 g/mol. The van der Waals surface area contributed by atoms with E-state index in [-0.39, 0.29) is 23.3 Å². The highest BCUT2D eigenvalue weighted by molar-refractivity contribution is 5.96. The van der Waals surface area contributed by atoms with E-state index in [1.165, 1.54) is 6.07 Å². The zero-order valence-corrected chi connectivity index (χ0v) is 11.9. The van der Waals surface area contributed by atoms with Crippen LogP contribution in [0.4, 0.5) is 4.39 Å². The van der Waals surface area contributed by atoms with Gasteiger partial charge in [0.05, 0.1) is 5.56 Å². The number of aliphatic hydroxyl groups excluding tert-OH is 1. The van der Waals surface area contributed by atoms with Gasteiger partial charge in [0.2, 0.25) is 0 Å². The van der Waals surface area contributed by atoms with Crippen molar-refractivity contribution in [3.63, 3.8) is 0 Å². The first-order valence-electron chi connectivity index (χ1n) is 6.85. The normalized spacial score (nSPS) is 11.4. The molecule has 0 unspecified atom stereocenters. The molecule has 0 aromatic heterocycles. The lowest BCUT2D eigenvalue weighted by atomic mass is 9.79. The van der Waals surface area contributed by atoms with Gasteiger partial charge >= 0.3 is 0 Å². The zero-order chi connectivity index (χ0) is 15.2. The maximum Gasteiger partial charge on any atom is 0.255 e. The fraction of sp³-hybridized carbons (Fsp3) is 0.533. The van der Waals surface area contributed by atoms with E-state index in [1.807, 2.05) is 13.8 Å². The molecule has 3 N–H and O–H groups in total. The van der Waals surface area contributed by atoms with E-state index in [0.717, 1.165) is 25.0 Å². The second kappa shape index (κ2) is 7.24. The van der Waals surface area contributed by atoms with Crippen molar-refractivity contribution in [1.82, 2.24) is 5.32 Å². The highest BCUT2D eigenvalue weighted by Gasteiger charge is 2.26. The molecule has 1 amide bonds. The van der Waals surface area contributed by atoms with E-state index in [0.29, 0.717) is 13.0 Å². The molecule has 0 saturated carbocycles. The molecule has 0 spiro atoms. The summed E-state index contributed by atoms with van der Waals surface area (Å²) in [7, 11) is 0. The number of hydrogen-bond donors (Lipinski definition) is 3. The Kier molecular flexibility index (Phi) is 5.95. The number of phenolic OH excluding ortho intramolecular Hbond substituents is 1. The predicted octanol–water partition coefficient (Wildman–Crippen LogP) is 2.45. The van der Waals surface area contributed by atoms with Gasteiger partial charge in [0.15, 0.2) is 0 Å². The number of nitrogens with one attached hydrogen (secondary N) is 1. The number of halogens is 1. The summed E-state index contributed by atoms with van der Waals surface area (Å²) in [5, 5.41) is 21.4. The third-order valence-corrected chi connectivity index (χ3v) is 3.97. The van der Waals surface area contributed by atoms with Gasteiger partial charge < -0.3 is 15.5 Å². The quantitative estimate of drug-likeness (QED) is 0.720. The van der Waals surface area contributed by atoms with Crippen molar-refractivity contribution in [2.24, 2.45) is 5.41 Å². The maximum atomic E-state index is 12.9. The molecule has 0 saturated heterocycles. The smallest absolute Gasteiger partial charge is 0.255 e. The van der Waals surface area contributed by atoms with Crippen LogP contribution >= 0.6 is 0 Å². The summed E-state index contributed by atoms with van der Waals surface area (Å²) in [6.07, 6.45) is 2.27. The molecule has 5 heteroatoms. The van der Waals surface area contributed by atoms with Crippen LogP contribution in [0.2, 0.25) is 0 Å². The lowest BCUT2D eigenvalue weighted by molar-refractivity contribution is 0.0904. The summed E-state index contributed by atoms with van der Waals surface area (Å²) < 4.78 is 12.9. The van der Waals surface area contributed by atoms with Crippen LogP contribution < -0.4 is 5.32 Å². The molecule has 20 heavy (non-hydrogen) atoms. The zero-order valence-electron chi connectivity index (χ0n) is 11.9. The van der Waals surface area contributed by atoms with E-state index in [9.17, 15) is 14.3 Å². The number of carbonyl (C=O) groups is 1. The van der Waals surface area contributed by atoms with Crippen LogP contribution in [0.3, 0.4) is 0 Å². The number of hydrogen-bond acceptors (Lipinski definition) is 3. The Labute approximate surface area is 118 Å². The van der Waals surface area contributed by atoms with Crippen LogP contribution in [0.5, 0.6) is 5.75 Å². The second-order valence-electron chi connectivity index (χ2n) is 5.02. The first kappa shape index (κ1) is 16.4. The SMILES string of the molecule is CCC(CC)(CCO)CNC(=O)c1ccc(F)cc1O. The first-order chi connectivity index (χ1) is 9.48. The van der Waals surface area contributed by atoms with E-state index in [1.54, 1.807) is 0 Å². The topological polar surface area (TPSA) is 69.6 Å². The Morgan fingerprint density at radius 2 is 2.00 bits per heavy atom. The molecule has 4 nitrogen and oxygen atoms in total. The number of aromatic hydroxyl groups is 1. The minimum atomic E-state index is -0.587. The average Bonchev–Trinajstić information content (AvgIpc) is 2.43. The van der Waals surface area contributed by atoms with Crippen LogP contribution in [0.15, 0.2) is 18.2 Å². The number of rotatable bonds is 7. The number of amides is 1. The Morgan fingerprint density at radius 3 is 2.50 bits per heavy atom. The fourth-order valence-electron chi connectivity index (χ4n) is 2.24. The van der Waals surface area contributed by atoms with Gasteiger partial charge in [0.1, 0.15) is 11.6 Å². The van der Waals surface area contributed by atoms with Gasteiger partial charge in [-0.05, 0) is 36.8 Å². The molecule has 1 aromatic rings. The largest absolute Gasteiger partial charge is 0.507 e. The Hall–Kier alpha value is -1.62. The Morgan fingerprint density at radius 1 is 1.35 bits per heavy atom. The van der Waals surface area contributed by atoms with Crippen LogP contribution in [-0.4, -0.2) is 29.3 Å². The standard InChI is InChI=1S/C15H22FNO3/c1-3-15(4-2,7-8-18)10-17-14(20)12-6-5-11(16)9-13(12)19/h5-6,9,18-19H,3-4,7-8,10H2,1-2H3,(H,17,20). The molecule has 0 radical (unpaired) electrons. The molecule has 0 aliphatic heterocycles. The van der Waals surface area contributed by atoms with Gasteiger partial charge in [-0.1, -0.05) is 13.8 Å². The molecular formula is C15H22FNO3. The number of benzene rings is 1. The third kappa shape index (κ3) is 3.93. The molecule has 0 aliphatic carbocycles. The highest BCUT2D eigenvalue weighted by atomic mass is 19.1. The minimum absolute atomic E-state index is 0.0523. The highest BCUT2D eigenvalue weighted by Crippen LogP contribution is 2.29. The Bertz CT molecular complexity index is 458. The van der Waals surface area contributed by atoms with Crippen LogP contribution in [-0.2, 0) is 0 Å². The molecule has 0 fully saturated rings. The predicted molar refractivity (Wildman–Crippen MR) is 75.1 cm³/mol. The van der Waals surface area contributed by atoms with E-state index in [4.69, 9.17) is 5.11 Å². The van der Waals surface area contributed by atoms with Gasteiger partial charge in [0, 0.05) is 19.2 Å². The summed E-state index contributed by atoms with van der Waals surface area (Å²) in [6.45, 7) is 4.51. The number of carbonyl (C=O) groups excluding carboxylic acids is 1. The summed E-state index contributed by atoms with van der Waals surface area (Å²) >= 11 is 0. The van der Waals surface area contributed by atoms with Crippen LogP contribution in [0.1, 0.15) is 43.5 Å². The molecule has 0 aliphatic rings. The van der Waals surface area contributed by atoms with Gasteiger partial charge in [-0.3, -0.25) is 4.79 Å². The number of phenols is 1. The first-order valence-corrected chi connectivity index (χ1v) is 6.85. The molecule has 0 atom stereocenters. The van der Waals surface area contributed by atoms with Crippen LogP contribution in [0.25, 0.3) is 0 Å². The van der Waals surface area contributed by atoms with Crippen molar-refractivity contribution in [2.75, 3.05) is 13.2 Å². The molecule has 0 bridgehead atoms. The van der Waals surface area contributed by atoms with Gasteiger partial charge in [-0.25, -0.2) is 4.39 Å². The molecule has 1 rings (SSSR count). The maximum absolute atomic E-state index is 12.9. The molecule has 112 valence electrons. The Balaban J connectivity index is 2.75. The third-order valence-electron chi connectivity index (χ3n) is 3.97. The lowest BCUT2D eigenvalue weighted by Crippen LogP contribution is -2.37. The van der Waals surface area contributed by atoms with Crippen molar-refractivity contribution in [3.8, 4) is 5.75 Å². The second-order valence-corrected chi connectivity index (χ2v) is 5.02. The minimum Gasteiger partial charge on any atom is -0.507 e. The number of aliphatic hydroxyl groups is 1. The average molecular weight is 283 g/mol. The lowest BCUT2D eigenvalue weighted by Gasteiger charge is -2.31. The molecular weight excluding hydrogens is 261 g/mol. The van der Waals surface area contributed by atoms with E-state index < -0.39 is 11.7 Å². The van der Waals surface area contributed by atoms with Crippen molar-refractivity contribution >= 4 is 5.91 Å². The van der Waals surface area contributed by atoms with E-state index >= 15 is 0 Å². The van der Waals surface area contributed by atoms with Crippen molar-refractivity contribution < 1.29 is 19.4 Å². The molecule has 0 heterocycles. The van der Waals surface area contributed by atoms with Crippen LogP contribution in [0, 0.1) is 11.2 Å². The summed E-state index contributed by atoms with van der Waals surface area (Å²) in [4.78, 5) is 12.0. The van der Waals surface area contributed by atoms with Gasteiger partial charge in [0.25, 0.3) is 5.91 Å². The van der Waals surface area contributed by atoms with Crippen molar-refractivity contribution in [2.45, 2.75) is 33.1 Å². The summed E-state index contributed by atoms with van der Waals surface area (Å²) in [5.41, 5.74) is -0.100. The fourth-order valence-corrected chi connectivity index (χ4v) is 2.24. The van der Waals surface area contributed by atoms with E-state index in [2.05, 4.69) is 5.32 Å². The summed E-state index contributed by atoms with van der Waals surface area (Å²) in [5.74, 6) is -1.40. The van der Waals surface area contributed by atoms with Gasteiger partial charge in [-0.15, -0.1) is 0 Å². The van der Waals surface area contributed by atoms with Crippen molar-refractivity contribution in [3.05, 3.63) is 29.6 Å². The summed E-state index contributed by atoms with van der Waals surface area (Å²) in [6, 6.07) is 3.30.